The van der Waals surface area contributed by atoms with Crippen molar-refractivity contribution in [3.8, 4) is 5.88 Å². The number of carbonyl (C=O) groups is 2. The fourth-order valence-electron chi connectivity index (χ4n) is 4.34. The summed E-state index contributed by atoms with van der Waals surface area (Å²) in [4.78, 5) is 32.3. The number of aromatic nitrogens is 1. The van der Waals surface area contributed by atoms with Crippen molar-refractivity contribution < 1.29 is 14.3 Å². The lowest BCUT2D eigenvalue weighted by atomic mass is 10.0. The van der Waals surface area contributed by atoms with Crippen molar-refractivity contribution in [1.29, 1.82) is 0 Å². The Morgan fingerprint density at radius 2 is 1.79 bits per heavy atom. The Morgan fingerprint density at radius 3 is 2.48 bits per heavy atom. The maximum Gasteiger partial charge on any atom is 0.411 e. The highest BCUT2D eigenvalue weighted by Gasteiger charge is 2.41. The number of hydrogen-bond donors (Lipinski definition) is 1. The smallest absolute Gasteiger partial charge is 0.391 e. The number of nitrogens with zero attached hydrogens (tertiary/aromatic N) is 3. The molecule has 0 saturated carbocycles. The van der Waals surface area contributed by atoms with E-state index in [1.54, 1.807) is 12.1 Å². The number of pyridine rings is 1. The molecule has 4 rings (SSSR count). The van der Waals surface area contributed by atoms with Crippen LogP contribution < -0.4 is 10.5 Å². The number of likely N-dealkylation sites (tertiary alicyclic amines) is 2. The average molecular weight is 393 g/mol. The van der Waals surface area contributed by atoms with E-state index in [0.717, 1.165) is 26.1 Å². The van der Waals surface area contributed by atoms with Gasteiger partial charge in [0.05, 0.1) is 0 Å². The highest BCUT2D eigenvalue weighted by Crippen LogP contribution is 2.32. The van der Waals surface area contributed by atoms with Crippen molar-refractivity contribution in [3.63, 3.8) is 0 Å². The fraction of sp³-hybridized carbons (Fsp3) is 0.364. The number of fused-ring (bicyclic) bond motifs is 1. The van der Waals surface area contributed by atoms with Crippen LogP contribution in [0.5, 0.6) is 5.88 Å². The zero-order chi connectivity index (χ0) is 20.2. The summed E-state index contributed by atoms with van der Waals surface area (Å²) in [6.07, 6.45) is 3.79. The van der Waals surface area contributed by atoms with Gasteiger partial charge in [0.1, 0.15) is 5.56 Å². The molecule has 2 amide bonds. The van der Waals surface area contributed by atoms with Gasteiger partial charge in [0, 0.05) is 32.4 Å². The van der Waals surface area contributed by atoms with Gasteiger partial charge in [-0.05, 0) is 48.9 Å². The largest absolute Gasteiger partial charge is 0.411 e. The Kier molecular flexibility index (Phi) is 5.76. The molecule has 2 aromatic rings. The lowest BCUT2D eigenvalue weighted by Gasteiger charge is -2.22. The van der Waals surface area contributed by atoms with Crippen LogP contribution in [0.4, 0.5) is 4.79 Å². The number of amides is 2. The van der Waals surface area contributed by atoms with Crippen LogP contribution in [0.3, 0.4) is 0 Å². The summed E-state index contributed by atoms with van der Waals surface area (Å²) in [5.74, 6) is 0.772. The average Bonchev–Trinajstić information content (AvgIpc) is 3.27. The van der Waals surface area contributed by atoms with Gasteiger partial charge in [-0.1, -0.05) is 30.3 Å². The van der Waals surface area contributed by atoms with Gasteiger partial charge in [0.2, 0.25) is 5.88 Å². The Morgan fingerprint density at radius 1 is 1.07 bits per heavy atom. The van der Waals surface area contributed by atoms with Crippen LogP contribution in [0, 0.1) is 18.3 Å². The van der Waals surface area contributed by atoms with Crippen molar-refractivity contribution in [2.24, 2.45) is 17.6 Å². The summed E-state index contributed by atoms with van der Waals surface area (Å²) in [7, 11) is 0. The van der Waals surface area contributed by atoms with Gasteiger partial charge in [0.25, 0.3) is 5.91 Å². The van der Waals surface area contributed by atoms with Crippen molar-refractivity contribution >= 4 is 12.0 Å². The summed E-state index contributed by atoms with van der Waals surface area (Å²) in [6.45, 7) is 4.49. The van der Waals surface area contributed by atoms with E-state index in [2.05, 4.69) is 40.6 Å². The molecule has 2 saturated heterocycles. The number of ether oxygens (including phenoxy) is 1. The third kappa shape index (κ3) is 4.56. The Labute approximate surface area is 170 Å². The number of rotatable bonds is 6. The Balaban J connectivity index is 1.29. The number of primary amides is 1. The van der Waals surface area contributed by atoms with Gasteiger partial charge in [-0.3, -0.25) is 4.79 Å². The van der Waals surface area contributed by atoms with E-state index in [9.17, 15) is 9.59 Å². The van der Waals surface area contributed by atoms with E-state index in [-0.39, 0.29) is 17.4 Å². The number of nitrogens with two attached hydrogens (primary N) is 1. The first kappa shape index (κ1) is 19.4. The minimum Gasteiger partial charge on any atom is -0.391 e. The molecule has 151 valence electrons. The van der Waals surface area contributed by atoms with Gasteiger partial charge < -0.3 is 20.3 Å². The van der Waals surface area contributed by atoms with Crippen LogP contribution in [-0.4, -0.2) is 59.5 Å². The highest BCUT2D eigenvalue weighted by molar-refractivity contribution is 5.97. The first-order valence-electron chi connectivity index (χ1n) is 9.92. The third-order valence-corrected chi connectivity index (χ3v) is 5.67. The molecule has 7 nitrogen and oxygen atoms in total. The van der Waals surface area contributed by atoms with E-state index >= 15 is 0 Å². The summed E-state index contributed by atoms with van der Waals surface area (Å²) >= 11 is 0. The second-order valence-electron chi connectivity index (χ2n) is 7.67. The SMILES string of the molecule is NC(=O)Oc1ncccc1C(=O)N1CC2CN(CC[CH]c3ccccc3)C[C@H]2C1. The van der Waals surface area contributed by atoms with Crippen LogP contribution in [0.25, 0.3) is 0 Å². The molecule has 2 aliphatic heterocycles. The number of carbonyl (C=O) groups excluding carboxylic acids is 2. The van der Waals surface area contributed by atoms with Crippen molar-refractivity contribution in [1.82, 2.24) is 14.8 Å². The van der Waals surface area contributed by atoms with Crippen molar-refractivity contribution in [2.45, 2.75) is 6.42 Å². The van der Waals surface area contributed by atoms with Crippen molar-refractivity contribution in [3.05, 3.63) is 66.2 Å². The van der Waals surface area contributed by atoms with E-state index in [1.807, 2.05) is 11.0 Å². The molecule has 0 bridgehead atoms. The zero-order valence-electron chi connectivity index (χ0n) is 16.2. The zero-order valence-corrected chi connectivity index (χ0v) is 16.2. The van der Waals surface area contributed by atoms with Crippen LogP contribution in [0.1, 0.15) is 22.3 Å². The molecule has 0 aliphatic carbocycles. The first-order valence-corrected chi connectivity index (χ1v) is 9.92. The standard InChI is InChI=1S/C22H25N4O3/c23-22(28)29-20-19(9-4-10-24-20)21(27)26-14-17-12-25(13-18(17)15-26)11-5-8-16-6-2-1-3-7-16/h1-4,6-10,17-18H,5,11-15H2,(H2,23,28)/t17-,18?/m0/s1. The van der Waals surface area contributed by atoms with Gasteiger partial charge in [0.15, 0.2) is 0 Å². The topological polar surface area (TPSA) is 88.8 Å². The molecule has 1 unspecified atom stereocenters. The fourth-order valence-corrected chi connectivity index (χ4v) is 4.34. The van der Waals surface area contributed by atoms with Gasteiger partial charge in [-0.2, -0.15) is 0 Å². The predicted molar refractivity (Wildman–Crippen MR) is 108 cm³/mol. The highest BCUT2D eigenvalue weighted by atomic mass is 16.6. The lowest BCUT2D eigenvalue weighted by Crippen LogP contribution is -2.34. The van der Waals surface area contributed by atoms with E-state index in [1.165, 1.54) is 11.8 Å². The molecule has 2 atom stereocenters. The second-order valence-corrected chi connectivity index (χ2v) is 7.67. The van der Waals surface area contributed by atoms with Crippen LogP contribution in [-0.2, 0) is 0 Å². The molecule has 1 aromatic heterocycles. The van der Waals surface area contributed by atoms with E-state index in [4.69, 9.17) is 10.5 Å². The van der Waals surface area contributed by atoms with Crippen molar-refractivity contribution in [2.75, 3.05) is 32.7 Å². The second kappa shape index (κ2) is 8.61. The minimum atomic E-state index is -0.973. The monoisotopic (exact) mass is 393 g/mol. The molecule has 7 heteroatoms. The van der Waals surface area contributed by atoms with Crippen LogP contribution in [0.2, 0.25) is 0 Å². The molecule has 29 heavy (non-hydrogen) atoms. The summed E-state index contributed by atoms with van der Waals surface area (Å²) in [5, 5.41) is 0. The maximum atomic E-state index is 12.9. The van der Waals surface area contributed by atoms with Crippen LogP contribution in [0.15, 0.2) is 48.7 Å². The van der Waals surface area contributed by atoms with Gasteiger partial charge in [-0.15, -0.1) is 0 Å². The minimum absolute atomic E-state index is 0.0277. The molecular weight excluding hydrogens is 368 g/mol. The predicted octanol–water partition coefficient (Wildman–Crippen LogP) is 2.19. The summed E-state index contributed by atoms with van der Waals surface area (Å²) < 4.78 is 4.89. The quantitative estimate of drug-likeness (QED) is 0.813. The Hall–Kier alpha value is -2.93. The van der Waals surface area contributed by atoms with E-state index < -0.39 is 6.09 Å². The third-order valence-electron chi connectivity index (χ3n) is 5.67. The maximum absolute atomic E-state index is 12.9. The van der Waals surface area contributed by atoms with E-state index in [0.29, 0.717) is 24.9 Å². The van der Waals surface area contributed by atoms with Gasteiger partial charge >= 0.3 is 6.09 Å². The van der Waals surface area contributed by atoms with Gasteiger partial charge in [-0.25, -0.2) is 9.78 Å². The number of benzene rings is 1. The molecule has 2 aliphatic rings. The normalized spacial score (nSPS) is 21.2. The Bertz CT molecular complexity index is 859. The molecule has 3 heterocycles. The molecule has 1 aromatic carbocycles. The first-order chi connectivity index (χ1) is 14.1. The summed E-state index contributed by atoms with van der Waals surface area (Å²) in [5.41, 5.74) is 6.62. The lowest BCUT2D eigenvalue weighted by molar-refractivity contribution is 0.0771. The molecule has 0 spiro atoms. The molecule has 2 N–H and O–H groups in total. The number of hydrogen-bond acceptors (Lipinski definition) is 5. The molecule has 2 fully saturated rings. The molecular formula is C22H25N4O3. The molecule has 1 radical (unpaired) electrons. The summed E-state index contributed by atoms with van der Waals surface area (Å²) in [6, 6.07) is 13.7. The van der Waals surface area contributed by atoms with Crippen LogP contribution >= 0.6 is 0 Å².